The maximum Gasteiger partial charge on any atom is 0.234 e. The van der Waals surface area contributed by atoms with Crippen LogP contribution in [0.1, 0.15) is 29.3 Å². The van der Waals surface area contributed by atoms with E-state index in [1.54, 1.807) is 18.4 Å². The standard InChI is InChI=1S/C18H22N2O2S/c1-22-15-8-6-14(7-9-15)12-19-18(21)13-20-10-2-4-16(20)17-5-3-11-23-17/h3,5-9,11,16H,2,4,10,12-13H2,1H3,(H,19,21)/t16-/m1/s1. The normalized spacial score (nSPS) is 18.0. The third-order valence-corrected chi connectivity index (χ3v) is 5.20. The Morgan fingerprint density at radius 2 is 2.17 bits per heavy atom. The SMILES string of the molecule is COc1ccc(CNC(=O)CN2CCC[C@@H]2c2cccs2)cc1. The Hall–Kier alpha value is -1.85. The van der Waals surface area contributed by atoms with Crippen molar-refractivity contribution in [3.63, 3.8) is 0 Å². The summed E-state index contributed by atoms with van der Waals surface area (Å²) in [7, 11) is 1.65. The van der Waals surface area contributed by atoms with Gasteiger partial charge in [-0.2, -0.15) is 0 Å². The second-order valence-corrected chi connectivity index (χ2v) is 6.75. The third-order valence-electron chi connectivity index (χ3n) is 4.23. The van der Waals surface area contributed by atoms with Crippen LogP contribution in [0.15, 0.2) is 41.8 Å². The van der Waals surface area contributed by atoms with E-state index in [1.165, 1.54) is 4.88 Å². The highest BCUT2D eigenvalue weighted by Gasteiger charge is 2.27. The first-order valence-electron chi connectivity index (χ1n) is 7.93. The van der Waals surface area contributed by atoms with E-state index in [-0.39, 0.29) is 5.91 Å². The van der Waals surface area contributed by atoms with E-state index in [4.69, 9.17) is 4.74 Å². The maximum atomic E-state index is 12.2. The highest BCUT2D eigenvalue weighted by molar-refractivity contribution is 7.10. The first-order valence-corrected chi connectivity index (χ1v) is 8.81. The average molecular weight is 330 g/mol. The second-order valence-electron chi connectivity index (χ2n) is 5.77. The lowest BCUT2D eigenvalue weighted by molar-refractivity contribution is -0.122. The number of rotatable bonds is 6. The summed E-state index contributed by atoms with van der Waals surface area (Å²) in [6, 6.07) is 12.4. The van der Waals surface area contributed by atoms with Gasteiger partial charge in [0.05, 0.1) is 13.7 Å². The number of hydrogen-bond donors (Lipinski definition) is 1. The van der Waals surface area contributed by atoms with Gasteiger partial charge in [-0.1, -0.05) is 18.2 Å². The molecule has 0 unspecified atom stereocenters. The summed E-state index contributed by atoms with van der Waals surface area (Å²) in [5.41, 5.74) is 1.08. The van der Waals surface area contributed by atoms with Gasteiger partial charge in [-0.3, -0.25) is 9.69 Å². The van der Waals surface area contributed by atoms with Crippen molar-refractivity contribution in [3.05, 3.63) is 52.2 Å². The van der Waals surface area contributed by atoms with Crippen LogP contribution < -0.4 is 10.1 Å². The molecule has 1 aliphatic heterocycles. The minimum Gasteiger partial charge on any atom is -0.497 e. The van der Waals surface area contributed by atoms with E-state index < -0.39 is 0 Å². The summed E-state index contributed by atoms with van der Waals surface area (Å²) in [5, 5.41) is 5.12. The molecule has 1 aromatic carbocycles. The molecule has 122 valence electrons. The number of methoxy groups -OCH3 is 1. The first kappa shape index (κ1) is 16.0. The molecule has 0 bridgehead atoms. The van der Waals surface area contributed by atoms with Gasteiger partial charge >= 0.3 is 0 Å². The van der Waals surface area contributed by atoms with Crippen molar-refractivity contribution < 1.29 is 9.53 Å². The molecule has 1 aliphatic rings. The van der Waals surface area contributed by atoms with Gasteiger partial charge in [0.2, 0.25) is 5.91 Å². The number of amides is 1. The first-order chi connectivity index (χ1) is 11.3. The number of likely N-dealkylation sites (tertiary alicyclic amines) is 1. The molecule has 0 aliphatic carbocycles. The predicted molar refractivity (Wildman–Crippen MR) is 92.7 cm³/mol. The summed E-state index contributed by atoms with van der Waals surface area (Å²) >= 11 is 1.78. The van der Waals surface area contributed by atoms with Crippen LogP contribution in [0, 0.1) is 0 Å². The summed E-state index contributed by atoms with van der Waals surface area (Å²) in [4.78, 5) is 15.9. The summed E-state index contributed by atoms with van der Waals surface area (Å²) in [6.07, 6.45) is 2.31. The van der Waals surface area contributed by atoms with Gasteiger partial charge in [-0.25, -0.2) is 0 Å². The molecule has 4 nitrogen and oxygen atoms in total. The van der Waals surface area contributed by atoms with Gasteiger partial charge in [-0.05, 0) is 48.5 Å². The number of nitrogens with one attached hydrogen (secondary N) is 1. The second kappa shape index (κ2) is 7.62. The van der Waals surface area contributed by atoms with Crippen molar-refractivity contribution in [3.8, 4) is 5.75 Å². The smallest absolute Gasteiger partial charge is 0.234 e. The van der Waals surface area contributed by atoms with Crippen LogP contribution in [-0.2, 0) is 11.3 Å². The quantitative estimate of drug-likeness (QED) is 0.884. The lowest BCUT2D eigenvalue weighted by atomic mass is 10.2. The fraction of sp³-hybridized carbons (Fsp3) is 0.389. The van der Waals surface area contributed by atoms with Crippen molar-refractivity contribution in [1.82, 2.24) is 10.2 Å². The average Bonchev–Trinajstić information content (AvgIpc) is 3.24. The molecule has 0 radical (unpaired) electrons. The number of benzene rings is 1. The number of hydrogen-bond acceptors (Lipinski definition) is 4. The zero-order chi connectivity index (χ0) is 16.1. The predicted octanol–water partition coefficient (Wildman–Crippen LogP) is 3.21. The number of thiophene rings is 1. The molecular weight excluding hydrogens is 308 g/mol. The molecule has 1 amide bonds. The zero-order valence-electron chi connectivity index (χ0n) is 13.3. The molecule has 1 aromatic heterocycles. The van der Waals surface area contributed by atoms with Crippen LogP contribution in [-0.4, -0.2) is 31.0 Å². The number of nitrogens with zero attached hydrogens (tertiary/aromatic N) is 1. The molecule has 1 fully saturated rings. The molecule has 5 heteroatoms. The van der Waals surface area contributed by atoms with Gasteiger partial charge in [0.15, 0.2) is 0 Å². The summed E-state index contributed by atoms with van der Waals surface area (Å²) < 4.78 is 5.14. The van der Waals surface area contributed by atoms with Crippen molar-refractivity contribution >= 4 is 17.2 Å². The summed E-state index contributed by atoms with van der Waals surface area (Å²) in [5.74, 6) is 0.917. The van der Waals surface area contributed by atoms with Gasteiger partial charge in [0, 0.05) is 17.5 Å². The van der Waals surface area contributed by atoms with Crippen LogP contribution in [0.5, 0.6) is 5.75 Å². The molecule has 23 heavy (non-hydrogen) atoms. The molecule has 0 saturated carbocycles. The maximum absolute atomic E-state index is 12.2. The minimum atomic E-state index is 0.0873. The van der Waals surface area contributed by atoms with E-state index in [9.17, 15) is 4.79 Å². The van der Waals surface area contributed by atoms with E-state index in [2.05, 4.69) is 27.7 Å². The van der Waals surface area contributed by atoms with Gasteiger partial charge in [0.25, 0.3) is 0 Å². The Morgan fingerprint density at radius 1 is 1.35 bits per heavy atom. The molecule has 2 heterocycles. The third kappa shape index (κ3) is 4.12. The lowest BCUT2D eigenvalue weighted by Crippen LogP contribution is -2.36. The molecular formula is C18H22N2O2S. The number of carbonyl (C=O) groups is 1. The Labute approximate surface area is 141 Å². The Balaban J connectivity index is 1.50. The summed E-state index contributed by atoms with van der Waals surface area (Å²) in [6.45, 7) is 2.03. The number of carbonyl (C=O) groups excluding carboxylic acids is 1. The van der Waals surface area contributed by atoms with Gasteiger partial charge in [-0.15, -0.1) is 11.3 Å². The van der Waals surface area contributed by atoms with Crippen LogP contribution in [0.4, 0.5) is 0 Å². The molecule has 1 N–H and O–H groups in total. The monoisotopic (exact) mass is 330 g/mol. The highest BCUT2D eigenvalue weighted by Crippen LogP contribution is 2.33. The van der Waals surface area contributed by atoms with E-state index in [0.717, 1.165) is 30.7 Å². The van der Waals surface area contributed by atoms with Crippen LogP contribution >= 0.6 is 11.3 Å². The molecule has 0 spiro atoms. The molecule has 1 atom stereocenters. The Bertz CT molecular complexity index is 625. The van der Waals surface area contributed by atoms with E-state index in [0.29, 0.717) is 19.1 Å². The van der Waals surface area contributed by atoms with E-state index >= 15 is 0 Å². The fourth-order valence-electron chi connectivity index (χ4n) is 3.00. The van der Waals surface area contributed by atoms with Crippen molar-refractivity contribution in [2.45, 2.75) is 25.4 Å². The minimum absolute atomic E-state index is 0.0873. The highest BCUT2D eigenvalue weighted by atomic mass is 32.1. The Kier molecular flexibility index (Phi) is 5.31. The van der Waals surface area contributed by atoms with Crippen LogP contribution in [0.2, 0.25) is 0 Å². The molecule has 1 saturated heterocycles. The Morgan fingerprint density at radius 3 is 2.87 bits per heavy atom. The number of ether oxygens (including phenoxy) is 1. The fourth-order valence-corrected chi connectivity index (χ4v) is 3.90. The van der Waals surface area contributed by atoms with Crippen molar-refractivity contribution in [1.29, 1.82) is 0 Å². The van der Waals surface area contributed by atoms with Crippen LogP contribution in [0.25, 0.3) is 0 Å². The van der Waals surface area contributed by atoms with Gasteiger partial charge in [0.1, 0.15) is 5.75 Å². The molecule has 2 aromatic rings. The van der Waals surface area contributed by atoms with Crippen molar-refractivity contribution in [2.75, 3.05) is 20.2 Å². The van der Waals surface area contributed by atoms with Crippen molar-refractivity contribution in [2.24, 2.45) is 0 Å². The van der Waals surface area contributed by atoms with Gasteiger partial charge < -0.3 is 10.1 Å². The topological polar surface area (TPSA) is 41.6 Å². The molecule has 3 rings (SSSR count). The largest absolute Gasteiger partial charge is 0.497 e. The lowest BCUT2D eigenvalue weighted by Gasteiger charge is -2.22. The van der Waals surface area contributed by atoms with Crippen LogP contribution in [0.3, 0.4) is 0 Å². The zero-order valence-corrected chi connectivity index (χ0v) is 14.1. The van der Waals surface area contributed by atoms with E-state index in [1.807, 2.05) is 24.3 Å².